The summed E-state index contributed by atoms with van der Waals surface area (Å²) in [7, 11) is -2.55. The van der Waals surface area contributed by atoms with Gasteiger partial charge in [0, 0.05) is 11.9 Å². The maximum absolute atomic E-state index is 9.44. The predicted molar refractivity (Wildman–Crippen MR) is 122 cm³/mol. The van der Waals surface area contributed by atoms with Crippen molar-refractivity contribution in [3.63, 3.8) is 0 Å². The number of aliphatic hydroxyl groups is 1. The van der Waals surface area contributed by atoms with Crippen molar-refractivity contribution in [1.29, 1.82) is 0 Å². The minimum absolute atomic E-state index is 0.0665. The fraction of sp³-hybridized carbons (Fsp3) is 0.0833. The van der Waals surface area contributed by atoms with Crippen molar-refractivity contribution in [1.82, 2.24) is 24.5 Å². The Hall–Kier alpha value is -4.30. The Bertz CT molecular complexity index is 1500. The largest absolute Gasteiger partial charge is 0.495 e. The number of methoxy groups -OCH3 is 1. The lowest BCUT2D eigenvalue weighted by atomic mass is 10.2. The number of pyridine rings is 3. The fourth-order valence-corrected chi connectivity index (χ4v) is 3.47. The summed E-state index contributed by atoms with van der Waals surface area (Å²) in [4.78, 5) is 18.1. The van der Waals surface area contributed by atoms with Crippen molar-refractivity contribution in [2.75, 3.05) is 12.8 Å². The maximum atomic E-state index is 9.44. The quantitative estimate of drug-likeness (QED) is 0.440. The van der Waals surface area contributed by atoms with Crippen LogP contribution < -0.4 is 10.5 Å². The van der Waals surface area contributed by atoms with Crippen molar-refractivity contribution in [2.45, 2.75) is 6.61 Å². The summed E-state index contributed by atoms with van der Waals surface area (Å²) in [5.41, 5.74) is 10.7. The number of nitrogen functional groups attached to an aromatic ring is 1. The molecule has 158 valence electrons. The van der Waals surface area contributed by atoms with E-state index in [0.717, 1.165) is 11.3 Å². The number of imidazole rings is 1. The van der Waals surface area contributed by atoms with Gasteiger partial charge in [0.1, 0.15) is 17.1 Å². The van der Waals surface area contributed by atoms with E-state index in [4.69, 9.17) is 24.6 Å². The van der Waals surface area contributed by atoms with Crippen molar-refractivity contribution in [3.8, 4) is 34.2 Å². The van der Waals surface area contributed by atoms with Crippen molar-refractivity contribution in [3.05, 3.63) is 78.6 Å². The monoisotopic (exact) mass is 427 g/mol. The van der Waals surface area contributed by atoms with Crippen LogP contribution in [0.3, 0.4) is 0 Å². The number of aromatic nitrogens is 5. The van der Waals surface area contributed by atoms with Crippen LogP contribution in [0.25, 0.3) is 39.6 Å². The van der Waals surface area contributed by atoms with Crippen LogP contribution in [0.1, 0.15) is 9.68 Å². The highest BCUT2D eigenvalue weighted by Crippen LogP contribution is 2.31. The van der Waals surface area contributed by atoms with Gasteiger partial charge < -0.3 is 15.6 Å². The molecule has 0 aliphatic heterocycles. The maximum Gasteiger partial charge on any atom is 0.165 e. The van der Waals surface area contributed by atoms with Gasteiger partial charge >= 0.3 is 0 Å². The number of hydrogen-bond acceptors (Lipinski definition) is 7. The SMILES string of the molecule is [2H]C([2H])([2H])Oc1ccc(-c2ccc3nc(-c4cccnc4N)n(-c4ccc(CO)cc4)c3n2)nc1. The molecule has 0 saturated carbocycles. The first-order valence-electron chi connectivity index (χ1n) is 11.3. The van der Waals surface area contributed by atoms with Crippen molar-refractivity contribution in [2.24, 2.45) is 0 Å². The first kappa shape index (κ1) is 16.4. The number of nitrogens with two attached hydrogens (primary N) is 1. The minimum atomic E-state index is -2.55. The van der Waals surface area contributed by atoms with Crippen LogP contribution in [0.5, 0.6) is 5.75 Å². The number of anilines is 1. The van der Waals surface area contributed by atoms with Crippen LogP contribution in [0.2, 0.25) is 0 Å². The topological polar surface area (TPSA) is 112 Å². The molecule has 0 unspecified atom stereocenters. The minimum Gasteiger partial charge on any atom is -0.495 e. The van der Waals surface area contributed by atoms with Gasteiger partial charge in [-0.15, -0.1) is 0 Å². The van der Waals surface area contributed by atoms with Crippen LogP contribution in [-0.2, 0) is 6.61 Å². The van der Waals surface area contributed by atoms with E-state index >= 15 is 0 Å². The normalized spacial score (nSPS) is 12.8. The van der Waals surface area contributed by atoms with E-state index in [0.29, 0.717) is 39.8 Å². The van der Waals surface area contributed by atoms with E-state index < -0.39 is 7.04 Å². The summed E-state index contributed by atoms with van der Waals surface area (Å²) in [6, 6.07) is 17.8. The molecular weight excluding hydrogens is 404 g/mol. The van der Waals surface area contributed by atoms with Gasteiger partial charge in [-0.1, -0.05) is 12.1 Å². The van der Waals surface area contributed by atoms with Crippen LogP contribution in [0.4, 0.5) is 5.82 Å². The zero-order valence-corrected chi connectivity index (χ0v) is 16.8. The summed E-state index contributed by atoms with van der Waals surface area (Å²) in [5, 5.41) is 9.44. The van der Waals surface area contributed by atoms with Crippen LogP contribution in [-0.4, -0.2) is 36.6 Å². The first-order chi connectivity index (χ1) is 16.8. The van der Waals surface area contributed by atoms with E-state index in [1.807, 2.05) is 41.0 Å². The Morgan fingerprint density at radius 2 is 1.84 bits per heavy atom. The van der Waals surface area contributed by atoms with Crippen molar-refractivity contribution >= 4 is 17.0 Å². The predicted octanol–water partition coefficient (Wildman–Crippen LogP) is 3.63. The Balaban J connectivity index is 1.66. The molecule has 4 aromatic heterocycles. The van der Waals surface area contributed by atoms with Crippen LogP contribution >= 0.6 is 0 Å². The molecule has 8 nitrogen and oxygen atoms in total. The van der Waals surface area contributed by atoms with Gasteiger partial charge in [0.25, 0.3) is 0 Å². The molecule has 0 saturated heterocycles. The zero-order valence-electron chi connectivity index (χ0n) is 19.8. The third-order valence-corrected chi connectivity index (χ3v) is 5.08. The number of benzene rings is 1. The lowest BCUT2D eigenvalue weighted by Gasteiger charge is -2.11. The number of fused-ring (bicyclic) bond motifs is 1. The molecule has 0 radical (unpaired) electrons. The lowest BCUT2D eigenvalue weighted by Crippen LogP contribution is -2.02. The molecule has 32 heavy (non-hydrogen) atoms. The first-order valence-corrected chi connectivity index (χ1v) is 9.78. The molecule has 4 heterocycles. The Morgan fingerprint density at radius 3 is 2.56 bits per heavy atom. The number of rotatable bonds is 5. The second-order valence-corrected chi connectivity index (χ2v) is 7.05. The Labute approximate surface area is 188 Å². The second-order valence-electron chi connectivity index (χ2n) is 7.05. The molecule has 1 aromatic carbocycles. The fourth-order valence-electron chi connectivity index (χ4n) is 3.47. The number of ether oxygens (including phenoxy) is 1. The Kier molecular flexibility index (Phi) is 4.14. The molecule has 5 aromatic rings. The molecule has 0 fully saturated rings. The second kappa shape index (κ2) is 8.09. The summed E-state index contributed by atoms with van der Waals surface area (Å²) >= 11 is 0. The van der Waals surface area contributed by atoms with Gasteiger partial charge in [-0.2, -0.15) is 0 Å². The molecule has 3 N–H and O–H groups in total. The standard InChI is InChI=1S/C24H20N6O2/c1-32-17-8-9-19(27-13-17)20-10-11-21-24(28-20)30(16-6-4-15(14-31)5-7-16)23(29-21)18-3-2-12-26-22(18)25/h2-13,31H,14H2,1H3,(H2,25,26)/i1D3. The third kappa shape index (κ3) is 3.42. The van der Waals surface area contributed by atoms with E-state index in [1.165, 1.54) is 12.3 Å². The smallest absolute Gasteiger partial charge is 0.165 e. The lowest BCUT2D eigenvalue weighted by molar-refractivity contribution is 0.282. The number of hydrogen-bond donors (Lipinski definition) is 2. The highest BCUT2D eigenvalue weighted by atomic mass is 16.5. The van der Waals surface area contributed by atoms with Gasteiger partial charge in [-0.05, 0) is 54.1 Å². The summed E-state index contributed by atoms with van der Waals surface area (Å²) < 4.78 is 28.5. The molecule has 8 heteroatoms. The molecule has 5 rings (SSSR count). The molecule has 0 aliphatic rings. The average molecular weight is 427 g/mol. The van der Waals surface area contributed by atoms with E-state index in [1.54, 1.807) is 24.4 Å². The average Bonchev–Trinajstić information content (AvgIpc) is 3.22. The highest BCUT2D eigenvalue weighted by Gasteiger charge is 2.18. The van der Waals surface area contributed by atoms with Crippen LogP contribution in [0.15, 0.2) is 73.1 Å². The van der Waals surface area contributed by atoms with Gasteiger partial charge in [0.15, 0.2) is 11.5 Å². The summed E-state index contributed by atoms with van der Waals surface area (Å²) in [6.07, 6.45) is 2.96. The highest BCUT2D eigenvalue weighted by molar-refractivity contribution is 5.84. The van der Waals surface area contributed by atoms with Gasteiger partial charge in [-0.25, -0.2) is 15.0 Å². The van der Waals surface area contributed by atoms with Crippen LogP contribution in [0, 0.1) is 0 Å². The summed E-state index contributed by atoms with van der Waals surface area (Å²) in [6.45, 7) is -0.0665. The molecule has 0 atom stereocenters. The van der Waals surface area contributed by atoms with Gasteiger partial charge in [0.2, 0.25) is 0 Å². The van der Waals surface area contributed by atoms with Gasteiger partial charge in [0.05, 0.1) is 40.9 Å². The zero-order chi connectivity index (χ0) is 24.6. The molecule has 0 bridgehead atoms. The number of aliphatic hydroxyl groups excluding tert-OH is 1. The third-order valence-electron chi connectivity index (χ3n) is 5.08. The molecule has 0 spiro atoms. The van der Waals surface area contributed by atoms with Crippen molar-refractivity contribution < 1.29 is 14.0 Å². The van der Waals surface area contributed by atoms with Gasteiger partial charge in [-0.3, -0.25) is 9.55 Å². The van der Waals surface area contributed by atoms with E-state index in [9.17, 15) is 5.11 Å². The molecular formula is C24H20N6O2. The number of nitrogens with zero attached hydrogens (tertiary/aromatic N) is 5. The van der Waals surface area contributed by atoms with E-state index in [2.05, 4.69) is 9.97 Å². The Morgan fingerprint density at radius 1 is 1.00 bits per heavy atom. The van der Waals surface area contributed by atoms with E-state index in [-0.39, 0.29) is 12.4 Å². The molecule has 0 aliphatic carbocycles. The molecule has 0 amide bonds. The summed E-state index contributed by atoms with van der Waals surface area (Å²) in [5.74, 6) is 1.04.